The minimum absolute atomic E-state index is 0. The molecule has 21 heavy (non-hydrogen) atoms. The summed E-state index contributed by atoms with van der Waals surface area (Å²) >= 11 is 0. The quantitative estimate of drug-likeness (QED) is 0.875. The molecule has 0 atom stereocenters. The fourth-order valence-electron chi connectivity index (χ4n) is 2.69. The molecule has 1 aliphatic heterocycles. The summed E-state index contributed by atoms with van der Waals surface area (Å²) in [6.45, 7) is 4.89. The number of hydrogen-bond acceptors (Lipinski definition) is 3. The van der Waals surface area contributed by atoms with E-state index in [4.69, 9.17) is 4.74 Å². The molecule has 1 aromatic rings. The number of rotatable bonds is 5. The summed E-state index contributed by atoms with van der Waals surface area (Å²) in [5, 5.41) is 6.36. The predicted octanol–water partition coefficient (Wildman–Crippen LogP) is 2.05. The lowest BCUT2D eigenvalue weighted by atomic mass is 9.78. The van der Waals surface area contributed by atoms with Crippen molar-refractivity contribution in [1.29, 1.82) is 0 Å². The minimum Gasteiger partial charge on any atom is -0.384 e. The van der Waals surface area contributed by atoms with E-state index >= 15 is 0 Å². The third-order valence-corrected chi connectivity index (χ3v) is 4.04. The van der Waals surface area contributed by atoms with E-state index in [9.17, 15) is 4.79 Å². The average Bonchev–Trinajstić information content (AvgIpc) is 2.47. The van der Waals surface area contributed by atoms with Crippen molar-refractivity contribution in [2.45, 2.75) is 26.3 Å². The van der Waals surface area contributed by atoms with Gasteiger partial charge in [-0.15, -0.1) is 12.4 Å². The van der Waals surface area contributed by atoms with Crippen LogP contribution in [0.15, 0.2) is 24.3 Å². The molecule has 1 aliphatic rings. The van der Waals surface area contributed by atoms with E-state index in [0.29, 0.717) is 13.2 Å². The Morgan fingerprint density at radius 2 is 1.90 bits per heavy atom. The monoisotopic (exact) mass is 312 g/mol. The smallest absolute Gasteiger partial charge is 0.228 e. The molecule has 0 saturated carbocycles. The van der Waals surface area contributed by atoms with Crippen molar-refractivity contribution in [2.24, 2.45) is 5.41 Å². The second-order valence-corrected chi connectivity index (χ2v) is 5.63. The van der Waals surface area contributed by atoms with Crippen LogP contribution in [0.1, 0.15) is 24.0 Å². The van der Waals surface area contributed by atoms with E-state index in [0.717, 1.165) is 31.5 Å². The molecule has 1 amide bonds. The van der Waals surface area contributed by atoms with Crippen LogP contribution in [0.4, 0.5) is 0 Å². The summed E-state index contributed by atoms with van der Waals surface area (Å²) in [7, 11) is 1.66. The zero-order valence-corrected chi connectivity index (χ0v) is 13.6. The van der Waals surface area contributed by atoms with Crippen molar-refractivity contribution in [3.05, 3.63) is 35.4 Å². The van der Waals surface area contributed by atoms with Gasteiger partial charge < -0.3 is 15.4 Å². The topological polar surface area (TPSA) is 50.4 Å². The normalized spacial score (nSPS) is 16.9. The van der Waals surface area contributed by atoms with Gasteiger partial charge in [0.15, 0.2) is 0 Å². The van der Waals surface area contributed by atoms with Crippen LogP contribution in [0.2, 0.25) is 0 Å². The van der Waals surface area contributed by atoms with E-state index in [2.05, 4.69) is 41.8 Å². The van der Waals surface area contributed by atoms with Crippen LogP contribution in [-0.4, -0.2) is 32.7 Å². The molecule has 1 aromatic carbocycles. The van der Waals surface area contributed by atoms with Crippen LogP contribution in [0.5, 0.6) is 0 Å². The number of hydrogen-bond donors (Lipinski definition) is 2. The van der Waals surface area contributed by atoms with Crippen molar-refractivity contribution < 1.29 is 9.53 Å². The van der Waals surface area contributed by atoms with Crippen LogP contribution >= 0.6 is 12.4 Å². The zero-order valence-electron chi connectivity index (χ0n) is 12.8. The highest BCUT2D eigenvalue weighted by atomic mass is 35.5. The summed E-state index contributed by atoms with van der Waals surface area (Å²) in [6, 6.07) is 8.25. The molecule has 0 aliphatic carbocycles. The first kappa shape index (κ1) is 18.0. The number of methoxy groups -OCH3 is 1. The van der Waals surface area contributed by atoms with E-state index in [1.807, 2.05) is 0 Å². The minimum atomic E-state index is -0.370. The Kier molecular flexibility index (Phi) is 7.15. The molecule has 5 heteroatoms. The number of carbonyl (C=O) groups is 1. The molecule has 1 heterocycles. The first-order valence-electron chi connectivity index (χ1n) is 7.20. The Balaban J connectivity index is 0.00000220. The van der Waals surface area contributed by atoms with E-state index in [1.165, 1.54) is 5.56 Å². The highest BCUT2D eigenvalue weighted by Gasteiger charge is 2.39. The van der Waals surface area contributed by atoms with Crippen molar-refractivity contribution in [2.75, 3.05) is 26.8 Å². The molecule has 118 valence electrons. The van der Waals surface area contributed by atoms with Gasteiger partial charge in [-0.2, -0.15) is 0 Å². The maximum atomic E-state index is 12.5. The van der Waals surface area contributed by atoms with Crippen molar-refractivity contribution in [3.8, 4) is 0 Å². The van der Waals surface area contributed by atoms with Crippen molar-refractivity contribution in [3.63, 3.8) is 0 Å². The summed E-state index contributed by atoms with van der Waals surface area (Å²) in [6.07, 6.45) is 1.67. The summed E-state index contributed by atoms with van der Waals surface area (Å²) in [5.74, 6) is 0.112. The summed E-state index contributed by atoms with van der Waals surface area (Å²) in [5.41, 5.74) is 1.99. The predicted molar refractivity (Wildman–Crippen MR) is 86.7 cm³/mol. The standard InChI is InChI=1S/C16H24N2O2.ClH/c1-13-3-5-14(6-4-13)11-18-15(19)16(12-20-2)7-9-17-10-8-16;/h3-6,17H,7-12H2,1-2H3,(H,18,19);1H. The van der Waals surface area contributed by atoms with Gasteiger partial charge in [0.2, 0.25) is 5.91 Å². The number of nitrogens with one attached hydrogen (secondary N) is 2. The third-order valence-electron chi connectivity index (χ3n) is 4.04. The molecule has 0 bridgehead atoms. The maximum absolute atomic E-state index is 12.5. The van der Waals surface area contributed by atoms with E-state index in [1.54, 1.807) is 7.11 Å². The number of halogens is 1. The molecule has 4 nitrogen and oxygen atoms in total. The fraction of sp³-hybridized carbons (Fsp3) is 0.562. The van der Waals surface area contributed by atoms with Crippen LogP contribution in [0.25, 0.3) is 0 Å². The van der Waals surface area contributed by atoms with Crippen molar-refractivity contribution in [1.82, 2.24) is 10.6 Å². The number of aryl methyl sites for hydroxylation is 1. The van der Waals surface area contributed by atoms with Gasteiger partial charge >= 0.3 is 0 Å². The molecule has 0 radical (unpaired) electrons. The van der Waals surface area contributed by atoms with Gasteiger partial charge in [0.25, 0.3) is 0 Å². The Morgan fingerprint density at radius 1 is 1.29 bits per heavy atom. The number of ether oxygens (including phenoxy) is 1. The van der Waals surface area contributed by atoms with E-state index < -0.39 is 0 Å². The largest absolute Gasteiger partial charge is 0.384 e. The number of piperidine rings is 1. The molecule has 0 unspecified atom stereocenters. The van der Waals surface area contributed by atoms with Gasteiger partial charge in [-0.1, -0.05) is 29.8 Å². The molecule has 2 rings (SSSR count). The fourth-order valence-corrected chi connectivity index (χ4v) is 2.69. The first-order chi connectivity index (χ1) is 9.66. The Hall–Kier alpha value is -1.10. The summed E-state index contributed by atoms with van der Waals surface area (Å²) in [4.78, 5) is 12.5. The number of carbonyl (C=O) groups excluding carboxylic acids is 1. The second-order valence-electron chi connectivity index (χ2n) is 5.63. The Bertz CT molecular complexity index is 437. The highest BCUT2D eigenvalue weighted by molar-refractivity contribution is 5.85. The van der Waals surface area contributed by atoms with Crippen LogP contribution < -0.4 is 10.6 Å². The van der Waals surface area contributed by atoms with Crippen LogP contribution in [-0.2, 0) is 16.1 Å². The van der Waals surface area contributed by atoms with Crippen molar-refractivity contribution >= 4 is 18.3 Å². The summed E-state index contributed by atoms with van der Waals surface area (Å²) < 4.78 is 5.28. The highest BCUT2D eigenvalue weighted by Crippen LogP contribution is 2.29. The zero-order chi connectivity index (χ0) is 14.4. The van der Waals surface area contributed by atoms with E-state index in [-0.39, 0.29) is 23.7 Å². The van der Waals surface area contributed by atoms with Crippen LogP contribution in [0, 0.1) is 12.3 Å². The molecule has 1 saturated heterocycles. The molecule has 1 fully saturated rings. The third kappa shape index (κ3) is 4.70. The van der Waals surface area contributed by atoms with Gasteiger partial charge in [-0.05, 0) is 38.4 Å². The van der Waals surface area contributed by atoms with Gasteiger partial charge in [0.05, 0.1) is 12.0 Å². The molecule has 2 N–H and O–H groups in total. The van der Waals surface area contributed by atoms with Gasteiger partial charge in [0, 0.05) is 13.7 Å². The molecule has 0 aromatic heterocycles. The number of amides is 1. The lowest BCUT2D eigenvalue weighted by molar-refractivity contribution is -0.136. The molecular weight excluding hydrogens is 288 g/mol. The maximum Gasteiger partial charge on any atom is 0.228 e. The number of benzene rings is 1. The van der Waals surface area contributed by atoms with Crippen LogP contribution in [0.3, 0.4) is 0 Å². The van der Waals surface area contributed by atoms with Gasteiger partial charge in [-0.25, -0.2) is 0 Å². The lowest BCUT2D eigenvalue weighted by Crippen LogP contribution is -2.49. The first-order valence-corrected chi connectivity index (χ1v) is 7.20. The Morgan fingerprint density at radius 3 is 2.48 bits per heavy atom. The Labute approximate surface area is 133 Å². The SMILES string of the molecule is COCC1(C(=O)NCc2ccc(C)cc2)CCNCC1.Cl. The second kappa shape index (κ2) is 8.37. The van der Waals surface area contributed by atoms with Gasteiger partial charge in [0.1, 0.15) is 0 Å². The van der Waals surface area contributed by atoms with Gasteiger partial charge in [-0.3, -0.25) is 4.79 Å². The molecular formula is C16H25ClN2O2. The average molecular weight is 313 g/mol. The molecule has 0 spiro atoms. The lowest BCUT2D eigenvalue weighted by Gasteiger charge is -2.35.